The smallest absolute Gasteiger partial charge is 0.295 e. The zero-order valence-corrected chi connectivity index (χ0v) is 16.2. The van der Waals surface area contributed by atoms with Gasteiger partial charge >= 0.3 is 0 Å². The maximum Gasteiger partial charge on any atom is 0.295 e. The Balaban J connectivity index is 1.38. The lowest BCUT2D eigenvalue weighted by molar-refractivity contribution is -0.136. The third-order valence-electron chi connectivity index (χ3n) is 6.25. The second kappa shape index (κ2) is 7.72. The fourth-order valence-electron chi connectivity index (χ4n) is 4.69. The molecule has 8 heteroatoms. The van der Waals surface area contributed by atoms with E-state index >= 15 is 0 Å². The number of rotatable bonds is 9. The minimum Gasteiger partial charge on any atom is -0.497 e. The number of methoxy groups -OCH3 is 1. The Morgan fingerprint density at radius 1 is 1.24 bits per heavy atom. The van der Waals surface area contributed by atoms with Gasteiger partial charge in [0.05, 0.1) is 18.1 Å². The molecule has 2 aliphatic rings. The Hall–Kier alpha value is -2.51. The van der Waals surface area contributed by atoms with E-state index in [0.717, 1.165) is 19.3 Å². The normalized spacial score (nSPS) is 25.6. The Morgan fingerprint density at radius 2 is 2.07 bits per heavy atom. The number of ether oxygens (including phenoxy) is 2. The summed E-state index contributed by atoms with van der Waals surface area (Å²) in [5.41, 5.74) is -0.124. The van der Waals surface area contributed by atoms with Crippen molar-refractivity contribution in [2.45, 2.75) is 50.6 Å². The Labute approximate surface area is 167 Å². The third-order valence-corrected chi connectivity index (χ3v) is 6.25. The van der Waals surface area contributed by atoms with Crippen LogP contribution in [0.5, 0.6) is 11.6 Å². The van der Waals surface area contributed by atoms with Crippen LogP contribution >= 0.6 is 0 Å². The number of benzene rings is 1. The van der Waals surface area contributed by atoms with Crippen LogP contribution < -0.4 is 4.74 Å². The summed E-state index contributed by atoms with van der Waals surface area (Å²) in [4.78, 5) is 18.5. The molecule has 29 heavy (non-hydrogen) atoms. The molecule has 1 aromatic carbocycles. The van der Waals surface area contributed by atoms with Crippen LogP contribution in [0.3, 0.4) is 0 Å². The number of halogens is 2. The highest BCUT2D eigenvalue weighted by Crippen LogP contribution is 2.57. The maximum absolute atomic E-state index is 14.7. The average molecular weight is 406 g/mol. The molecule has 156 valence electrons. The van der Waals surface area contributed by atoms with E-state index in [1.165, 1.54) is 13.2 Å². The second-order valence-electron chi connectivity index (χ2n) is 8.03. The third kappa shape index (κ3) is 3.97. The molecule has 2 fully saturated rings. The van der Waals surface area contributed by atoms with Crippen LogP contribution in [0.1, 0.15) is 44.2 Å². The number of carbonyl (C=O) groups is 1. The molecule has 0 radical (unpaired) electrons. The number of fused-ring (bicyclic) bond motifs is 2. The van der Waals surface area contributed by atoms with Gasteiger partial charge in [-0.05, 0) is 55.6 Å². The summed E-state index contributed by atoms with van der Waals surface area (Å²) in [6, 6.07) is 4.69. The van der Waals surface area contributed by atoms with E-state index in [1.807, 2.05) is 0 Å². The molecule has 4 atom stereocenters. The summed E-state index contributed by atoms with van der Waals surface area (Å²) < 4.78 is 39.7. The Morgan fingerprint density at radius 3 is 2.83 bits per heavy atom. The highest BCUT2D eigenvalue weighted by Gasteiger charge is 2.53. The summed E-state index contributed by atoms with van der Waals surface area (Å²) in [7, 11) is 1.49. The maximum atomic E-state index is 14.7. The number of alkyl halides is 2. The predicted molar refractivity (Wildman–Crippen MR) is 101 cm³/mol. The molecule has 1 heterocycles. The molecule has 0 amide bonds. The van der Waals surface area contributed by atoms with Crippen molar-refractivity contribution in [2.75, 3.05) is 7.11 Å². The molecule has 2 aliphatic carbocycles. The SMILES string of the molecule is COc1ccc2nc(C(F)(F)CCCC[C@H]3C(OC=O)CC4CC43)c(O)nc2c1. The van der Waals surface area contributed by atoms with Crippen LogP contribution in [0.2, 0.25) is 0 Å². The van der Waals surface area contributed by atoms with Crippen LogP contribution in [0.4, 0.5) is 8.78 Å². The first-order valence-electron chi connectivity index (χ1n) is 9.95. The lowest BCUT2D eigenvalue weighted by Gasteiger charge is -2.21. The quantitative estimate of drug-likeness (QED) is 0.497. The molecule has 6 nitrogen and oxygen atoms in total. The number of nitrogens with zero attached hydrogens (tertiary/aromatic N) is 2. The summed E-state index contributed by atoms with van der Waals surface area (Å²) in [5.74, 6) is -2.04. The van der Waals surface area contributed by atoms with Gasteiger partial charge in [0.15, 0.2) is 5.69 Å². The van der Waals surface area contributed by atoms with Gasteiger partial charge in [-0.25, -0.2) is 9.97 Å². The van der Waals surface area contributed by atoms with Crippen molar-refractivity contribution < 1.29 is 28.2 Å². The second-order valence-corrected chi connectivity index (χ2v) is 8.03. The zero-order chi connectivity index (χ0) is 20.6. The van der Waals surface area contributed by atoms with Crippen molar-refractivity contribution in [3.8, 4) is 11.6 Å². The van der Waals surface area contributed by atoms with Gasteiger partial charge in [0, 0.05) is 12.5 Å². The number of aromatic hydroxyl groups is 1. The van der Waals surface area contributed by atoms with Gasteiger partial charge in [0.25, 0.3) is 12.4 Å². The summed E-state index contributed by atoms with van der Waals surface area (Å²) in [6.45, 7) is 0.493. The van der Waals surface area contributed by atoms with Crippen molar-refractivity contribution in [3.05, 3.63) is 23.9 Å². The number of unbranched alkanes of at least 4 members (excludes halogenated alkanes) is 1. The molecule has 0 aliphatic heterocycles. The van der Waals surface area contributed by atoms with Gasteiger partial charge in [0.1, 0.15) is 11.9 Å². The average Bonchev–Trinajstić information content (AvgIpc) is 3.37. The van der Waals surface area contributed by atoms with Crippen LogP contribution in [-0.2, 0) is 15.5 Å². The Bertz CT molecular complexity index is 908. The highest BCUT2D eigenvalue weighted by atomic mass is 19.3. The first kappa shape index (κ1) is 19.8. The van der Waals surface area contributed by atoms with Crippen LogP contribution in [-0.4, -0.2) is 34.8 Å². The standard InChI is InChI=1S/C21H24F2N2O4/c1-28-13-5-6-16-17(10-13)25-20(27)19(24-16)21(22,23)7-3-2-4-14-15-8-12(15)9-18(14)29-11-26/h5-6,10-12,14-15,18H,2-4,7-9H2,1H3,(H,25,27)/t12?,14-,15?,18?/m1/s1. The summed E-state index contributed by atoms with van der Waals surface area (Å²) >= 11 is 0. The van der Waals surface area contributed by atoms with Gasteiger partial charge in [-0.1, -0.05) is 6.42 Å². The molecule has 4 rings (SSSR count). The van der Waals surface area contributed by atoms with E-state index in [9.17, 15) is 18.7 Å². The van der Waals surface area contributed by atoms with E-state index < -0.39 is 23.9 Å². The van der Waals surface area contributed by atoms with Crippen LogP contribution in [0.15, 0.2) is 18.2 Å². The van der Waals surface area contributed by atoms with Gasteiger partial charge in [0.2, 0.25) is 5.88 Å². The molecule has 1 N–H and O–H groups in total. The summed E-state index contributed by atoms with van der Waals surface area (Å²) in [6.07, 6.45) is 3.24. The zero-order valence-electron chi connectivity index (χ0n) is 16.2. The van der Waals surface area contributed by atoms with Crippen molar-refractivity contribution >= 4 is 17.5 Å². The first-order valence-corrected chi connectivity index (χ1v) is 9.95. The van der Waals surface area contributed by atoms with Crippen LogP contribution in [0.25, 0.3) is 11.0 Å². The topological polar surface area (TPSA) is 81.5 Å². The van der Waals surface area contributed by atoms with Crippen molar-refractivity contribution in [3.63, 3.8) is 0 Å². The molecular weight excluding hydrogens is 382 g/mol. The van der Waals surface area contributed by atoms with Gasteiger partial charge in [-0.15, -0.1) is 0 Å². The first-order chi connectivity index (χ1) is 13.9. The lowest BCUT2D eigenvalue weighted by atomic mass is 9.93. The van der Waals surface area contributed by atoms with E-state index in [2.05, 4.69) is 9.97 Å². The lowest BCUT2D eigenvalue weighted by Crippen LogP contribution is -2.21. The number of hydrogen-bond acceptors (Lipinski definition) is 6. The minimum absolute atomic E-state index is 0.0656. The highest BCUT2D eigenvalue weighted by molar-refractivity contribution is 5.76. The van der Waals surface area contributed by atoms with E-state index in [4.69, 9.17) is 9.47 Å². The monoisotopic (exact) mass is 406 g/mol. The molecular formula is C21H24F2N2O4. The van der Waals surface area contributed by atoms with Crippen LogP contribution in [0, 0.1) is 17.8 Å². The van der Waals surface area contributed by atoms with Crippen molar-refractivity contribution in [1.29, 1.82) is 0 Å². The van der Waals surface area contributed by atoms with Gasteiger partial charge in [-0.3, -0.25) is 4.79 Å². The minimum atomic E-state index is -3.28. The fraction of sp³-hybridized carbons (Fsp3) is 0.571. The molecule has 0 spiro atoms. The molecule has 2 saturated carbocycles. The number of aromatic nitrogens is 2. The number of hydrogen-bond donors (Lipinski definition) is 1. The fourth-order valence-corrected chi connectivity index (χ4v) is 4.69. The van der Waals surface area contributed by atoms with E-state index in [0.29, 0.717) is 36.0 Å². The molecule has 1 aromatic heterocycles. The molecule has 3 unspecified atom stereocenters. The Kier molecular flexibility index (Phi) is 5.27. The largest absolute Gasteiger partial charge is 0.497 e. The summed E-state index contributed by atoms with van der Waals surface area (Å²) in [5, 5.41) is 10.0. The van der Waals surface area contributed by atoms with Gasteiger partial charge in [-0.2, -0.15) is 8.78 Å². The molecule has 2 aromatic rings. The van der Waals surface area contributed by atoms with E-state index in [1.54, 1.807) is 12.1 Å². The molecule has 0 bridgehead atoms. The van der Waals surface area contributed by atoms with Gasteiger partial charge < -0.3 is 14.6 Å². The molecule has 0 saturated heterocycles. The number of carbonyl (C=O) groups excluding carboxylic acids is 1. The predicted octanol–water partition coefficient (Wildman–Crippen LogP) is 4.19. The van der Waals surface area contributed by atoms with Crippen molar-refractivity contribution in [2.24, 2.45) is 17.8 Å². The van der Waals surface area contributed by atoms with E-state index in [-0.39, 0.29) is 24.0 Å². The van der Waals surface area contributed by atoms with Crippen molar-refractivity contribution in [1.82, 2.24) is 9.97 Å².